The fraction of sp³-hybridized carbons (Fsp3) is 0.708. The quantitative estimate of drug-likeness (QED) is 0.638. The SMILES string of the molecule is O=C(N1CCN(c2ncccc2C(F)(F)F)CC1)N1CCC[C@H](NC(=O)N2C3CCC2CC(O)C3)C1. The lowest BCUT2D eigenvalue weighted by molar-refractivity contribution is -0.137. The zero-order valence-electron chi connectivity index (χ0n) is 20.2. The van der Waals surface area contributed by atoms with Crippen LogP contribution in [0.1, 0.15) is 44.1 Å². The number of alkyl halides is 3. The second kappa shape index (κ2) is 9.95. The van der Waals surface area contributed by atoms with Crippen LogP contribution < -0.4 is 10.2 Å². The number of nitrogens with one attached hydrogen (secondary N) is 1. The zero-order chi connectivity index (χ0) is 25.4. The number of likely N-dealkylation sites (tertiary alicyclic amines) is 1. The van der Waals surface area contributed by atoms with Gasteiger partial charge in [0.25, 0.3) is 0 Å². The van der Waals surface area contributed by atoms with E-state index in [1.165, 1.54) is 12.3 Å². The Hall–Kier alpha value is -2.76. The molecule has 0 radical (unpaired) electrons. The second-order valence-electron chi connectivity index (χ2n) is 10.3. The van der Waals surface area contributed by atoms with Crippen LogP contribution in [-0.4, -0.2) is 100 Å². The minimum Gasteiger partial charge on any atom is -0.393 e. The summed E-state index contributed by atoms with van der Waals surface area (Å²) < 4.78 is 40.1. The van der Waals surface area contributed by atoms with E-state index in [0.717, 1.165) is 31.7 Å². The van der Waals surface area contributed by atoms with Gasteiger partial charge in [-0.3, -0.25) is 0 Å². The number of halogens is 3. The summed E-state index contributed by atoms with van der Waals surface area (Å²) in [6.45, 7) is 2.15. The first-order valence-corrected chi connectivity index (χ1v) is 12.8. The first-order chi connectivity index (χ1) is 17.2. The number of aliphatic hydroxyl groups excluding tert-OH is 1. The number of amides is 4. The van der Waals surface area contributed by atoms with Crippen LogP contribution in [0.4, 0.5) is 28.6 Å². The van der Waals surface area contributed by atoms with E-state index in [0.29, 0.717) is 39.0 Å². The number of urea groups is 2. The Morgan fingerprint density at radius 2 is 1.69 bits per heavy atom. The van der Waals surface area contributed by atoms with Crippen molar-refractivity contribution < 1.29 is 27.9 Å². The van der Waals surface area contributed by atoms with Crippen LogP contribution in [0.3, 0.4) is 0 Å². The summed E-state index contributed by atoms with van der Waals surface area (Å²) in [5.41, 5.74) is -0.768. The van der Waals surface area contributed by atoms with Crippen LogP contribution in [0.25, 0.3) is 0 Å². The number of nitrogens with zero attached hydrogens (tertiary/aromatic N) is 5. The van der Waals surface area contributed by atoms with Crippen molar-refractivity contribution in [2.45, 2.75) is 68.9 Å². The van der Waals surface area contributed by atoms with E-state index in [2.05, 4.69) is 10.3 Å². The molecule has 0 aliphatic carbocycles. The maximum absolute atomic E-state index is 13.4. The predicted molar refractivity (Wildman–Crippen MR) is 125 cm³/mol. The number of hydrogen-bond acceptors (Lipinski definition) is 5. The largest absolute Gasteiger partial charge is 0.419 e. The standard InChI is InChI=1S/C24H33F3N6O3/c25-24(26,27)20-4-1-7-28-21(20)30-9-11-31(12-10-30)23(36)32-8-2-3-16(15-32)29-22(35)33-17-5-6-18(33)14-19(34)13-17/h1,4,7,16-19,34H,2-3,5-6,8-15H2,(H,29,35)/t16-,17?,18?,19?/m0/s1. The highest BCUT2D eigenvalue weighted by Gasteiger charge is 2.43. The second-order valence-corrected chi connectivity index (χ2v) is 10.3. The molecule has 2 N–H and O–H groups in total. The van der Waals surface area contributed by atoms with Crippen molar-refractivity contribution >= 4 is 17.9 Å². The Morgan fingerprint density at radius 1 is 1.00 bits per heavy atom. The maximum atomic E-state index is 13.4. The van der Waals surface area contributed by atoms with Crippen molar-refractivity contribution in [2.24, 2.45) is 0 Å². The number of hydrogen-bond donors (Lipinski definition) is 2. The molecule has 4 aliphatic rings. The van der Waals surface area contributed by atoms with E-state index >= 15 is 0 Å². The highest BCUT2D eigenvalue weighted by atomic mass is 19.4. The Kier molecular flexibility index (Phi) is 6.88. The molecule has 12 heteroatoms. The molecule has 2 unspecified atom stereocenters. The number of fused-ring (bicyclic) bond motifs is 2. The molecule has 4 saturated heterocycles. The van der Waals surface area contributed by atoms with Gasteiger partial charge in [0, 0.05) is 63.6 Å². The average Bonchev–Trinajstić information content (AvgIpc) is 3.14. The average molecular weight is 511 g/mol. The lowest BCUT2D eigenvalue weighted by Gasteiger charge is -2.42. The molecule has 5 rings (SSSR count). The molecule has 1 aromatic heterocycles. The summed E-state index contributed by atoms with van der Waals surface area (Å²) >= 11 is 0. The molecule has 4 fully saturated rings. The van der Waals surface area contributed by atoms with Gasteiger partial charge in [-0.05, 0) is 50.7 Å². The van der Waals surface area contributed by atoms with Crippen molar-refractivity contribution in [3.8, 4) is 0 Å². The van der Waals surface area contributed by atoms with E-state index in [4.69, 9.17) is 0 Å². The molecule has 0 saturated carbocycles. The van der Waals surface area contributed by atoms with Gasteiger partial charge in [-0.1, -0.05) is 0 Å². The topological polar surface area (TPSA) is 92.2 Å². The third-order valence-electron chi connectivity index (χ3n) is 7.90. The molecule has 2 bridgehead atoms. The smallest absolute Gasteiger partial charge is 0.393 e. The number of aliphatic hydroxyl groups is 1. The molecular weight excluding hydrogens is 477 g/mol. The van der Waals surface area contributed by atoms with Gasteiger partial charge in [-0.2, -0.15) is 13.2 Å². The van der Waals surface area contributed by atoms with E-state index < -0.39 is 11.7 Å². The zero-order valence-corrected chi connectivity index (χ0v) is 20.2. The number of piperazine rings is 1. The molecular formula is C24H33F3N6O3. The molecule has 198 valence electrons. The first kappa shape index (κ1) is 24.9. The number of anilines is 1. The molecule has 9 nitrogen and oxygen atoms in total. The van der Waals surface area contributed by atoms with Crippen LogP contribution in [-0.2, 0) is 6.18 Å². The van der Waals surface area contributed by atoms with E-state index in [9.17, 15) is 27.9 Å². The van der Waals surface area contributed by atoms with Crippen molar-refractivity contribution in [1.82, 2.24) is 25.0 Å². The Morgan fingerprint density at radius 3 is 2.36 bits per heavy atom. The van der Waals surface area contributed by atoms with E-state index in [1.54, 1.807) is 14.7 Å². The minimum atomic E-state index is -4.49. The van der Waals surface area contributed by atoms with Crippen molar-refractivity contribution in [1.29, 1.82) is 0 Å². The van der Waals surface area contributed by atoms with Crippen molar-refractivity contribution in [3.63, 3.8) is 0 Å². The lowest BCUT2D eigenvalue weighted by atomic mass is 10.0. The van der Waals surface area contributed by atoms with Crippen LogP contribution in [0.15, 0.2) is 18.3 Å². The van der Waals surface area contributed by atoms with Crippen LogP contribution in [0.2, 0.25) is 0 Å². The molecule has 5 heterocycles. The van der Waals surface area contributed by atoms with Gasteiger partial charge >= 0.3 is 18.2 Å². The van der Waals surface area contributed by atoms with Crippen molar-refractivity contribution in [3.05, 3.63) is 23.9 Å². The van der Waals surface area contributed by atoms with Crippen LogP contribution in [0, 0.1) is 0 Å². The minimum absolute atomic E-state index is 0.0772. The lowest BCUT2D eigenvalue weighted by Crippen LogP contribution is -2.59. The monoisotopic (exact) mass is 510 g/mol. The van der Waals surface area contributed by atoms with Gasteiger partial charge in [0.2, 0.25) is 0 Å². The van der Waals surface area contributed by atoms with Crippen molar-refractivity contribution in [2.75, 3.05) is 44.2 Å². The Balaban J connectivity index is 1.15. The third kappa shape index (κ3) is 5.05. The normalized spacial score (nSPS) is 28.9. The fourth-order valence-electron chi connectivity index (χ4n) is 6.18. The summed E-state index contributed by atoms with van der Waals surface area (Å²) in [7, 11) is 0. The molecule has 4 aliphatic heterocycles. The third-order valence-corrected chi connectivity index (χ3v) is 7.90. The molecule has 1 aromatic rings. The maximum Gasteiger partial charge on any atom is 0.419 e. The van der Waals surface area contributed by atoms with E-state index in [-0.39, 0.29) is 55.2 Å². The molecule has 0 aromatic carbocycles. The van der Waals surface area contributed by atoms with Gasteiger partial charge in [0.1, 0.15) is 5.82 Å². The molecule has 0 spiro atoms. The number of carbonyl (C=O) groups excluding carboxylic acids is 2. The number of pyridine rings is 1. The molecule has 4 amide bonds. The van der Waals surface area contributed by atoms with E-state index in [1.807, 2.05) is 4.90 Å². The summed E-state index contributed by atoms with van der Waals surface area (Å²) in [5, 5.41) is 13.1. The van der Waals surface area contributed by atoms with Gasteiger partial charge in [0.15, 0.2) is 0 Å². The number of rotatable bonds is 2. The first-order valence-electron chi connectivity index (χ1n) is 12.8. The highest BCUT2D eigenvalue weighted by Crippen LogP contribution is 2.36. The highest BCUT2D eigenvalue weighted by molar-refractivity contribution is 5.77. The van der Waals surface area contributed by atoms with Gasteiger partial charge in [0.05, 0.1) is 11.7 Å². The van der Waals surface area contributed by atoms with Crippen LogP contribution >= 0.6 is 0 Å². The Labute approximate surface area is 208 Å². The summed E-state index contributed by atoms with van der Waals surface area (Å²) in [6.07, 6.45) is 1.15. The van der Waals surface area contributed by atoms with Gasteiger partial charge < -0.3 is 30.0 Å². The Bertz CT molecular complexity index is 957. The summed E-state index contributed by atoms with van der Waals surface area (Å²) in [6, 6.07) is 2.05. The fourth-order valence-corrected chi connectivity index (χ4v) is 6.18. The predicted octanol–water partition coefficient (Wildman–Crippen LogP) is 2.50. The van der Waals surface area contributed by atoms with Gasteiger partial charge in [-0.25, -0.2) is 14.6 Å². The summed E-state index contributed by atoms with van der Waals surface area (Å²) in [4.78, 5) is 37.0. The number of carbonyl (C=O) groups is 2. The molecule has 3 atom stereocenters. The van der Waals surface area contributed by atoms with Gasteiger partial charge in [-0.15, -0.1) is 0 Å². The summed E-state index contributed by atoms with van der Waals surface area (Å²) in [5.74, 6) is -0.1000. The molecule has 36 heavy (non-hydrogen) atoms. The van der Waals surface area contributed by atoms with Crippen LogP contribution in [0.5, 0.6) is 0 Å². The number of piperidine rings is 2. The number of aromatic nitrogens is 1.